The van der Waals surface area contributed by atoms with Crippen molar-refractivity contribution in [3.63, 3.8) is 0 Å². The van der Waals surface area contributed by atoms with Gasteiger partial charge in [0.25, 0.3) is 0 Å². The summed E-state index contributed by atoms with van der Waals surface area (Å²) >= 11 is 0. The number of benzene rings is 1. The van der Waals surface area contributed by atoms with Crippen molar-refractivity contribution in [1.29, 1.82) is 0 Å². The van der Waals surface area contributed by atoms with Gasteiger partial charge < -0.3 is 15.7 Å². The standard InChI is InChI=1S/C11H15FN2O/c12-9-4-2-1-3-8(9)5-14-10-6-13-7-11(10)15/h1-4,10-11,13-15H,5-7H2/t10-,11-/m1/s1. The van der Waals surface area contributed by atoms with Crippen LogP contribution in [-0.4, -0.2) is 30.3 Å². The Balaban J connectivity index is 1.90. The van der Waals surface area contributed by atoms with E-state index in [2.05, 4.69) is 10.6 Å². The molecule has 0 unspecified atom stereocenters. The molecule has 2 atom stereocenters. The number of halogens is 1. The fourth-order valence-electron chi connectivity index (χ4n) is 1.76. The predicted molar refractivity (Wildman–Crippen MR) is 55.9 cm³/mol. The van der Waals surface area contributed by atoms with Crippen LogP contribution in [-0.2, 0) is 6.54 Å². The molecule has 3 N–H and O–H groups in total. The lowest BCUT2D eigenvalue weighted by Gasteiger charge is -2.15. The monoisotopic (exact) mass is 210 g/mol. The number of hydrogen-bond acceptors (Lipinski definition) is 3. The van der Waals surface area contributed by atoms with E-state index < -0.39 is 0 Å². The van der Waals surface area contributed by atoms with Gasteiger partial charge in [-0.05, 0) is 6.07 Å². The third-order valence-electron chi connectivity index (χ3n) is 2.69. The highest BCUT2D eigenvalue weighted by Crippen LogP contribution is 2.07. The summed E-state index contributed by atoms with van der Waals surface area (Å²) < 4.78 is 13.2. The van der Waals surface area contributed by atoms with Gasteiger partial charge in [0.2, 0.25) is 0 Å². The Bertz CT molecular complexity index is 332. The number of rotatable bonds is 3. The fourth-order valence-corrected chi connectivity index (χ4v) is 1.76. The minimum absolute atomic E-state index is 0.0182. The minimum atomic E-state index is -0.378. The molecule has 2 rings (SSSR count). The third kappa shape index (κ3) is 2.53. The Labute approximate surface area is 88.3 Å². The summed E-state index contributed by atoms with van der Waals surface area (Å²) in [5.41, 5.74) is 0.636. The van der Waals surface area contributed by atoms with Crippen molar-refractivity contribution in [1.82, 2.24) is 10.6 Å². The summed E-state index contributed by atoms with van der Waals surface area (Å²) in [7, 11) is 0. The molecule has 1 aromatic carbocycles. The molecule has 0 spiro atoms. The van der Waals surface area contributed by atoms with Crippen LogP contribution in [0, 0.1) is 5.82 Å². The summed E-state index contributed by atoms with van der Waals surface area (Å²) in [6.07, 6.45) is -0.378. The molecule has 0 radical (unpaired) electrons. The molecule has 0 amide bonds. The lowest BCUT2D eigenvalue weighted by atomic mass is 10.1. The zero-order valence-corrected chi connectivity index (χ0v) is 8.41. The van der Waals surface area contributed by atoms with Gasteiger partial charge in [0.05, 0.1) is 6.10 Å². The van der Waals surface area contributed by atoms with Crippen molar-refractivity contribution in [3.05, 3.63) is 35.6 Å². The molecule has 0 aliphatic carbocycles. The molecule has 1 aliphatic rings. The lowest BCUT2D eigenvalue weighted by molar-refractivity contribution is 0.162. The van der Waals surface area contributed by atoms with E-state index in [-0.39, 0.29) is 18.0 Å². The van der Waals surface area contributed by atoms with Gasteiger partial charge in [-0.3, -0.25) is 0 Å². The molecule has 82 valence electrons. The number of aliphatic hydroxyl groups is 1. The highest BCUT2D eigenvalue weighted by atomic mass is 19.1. The van der Waals surface area contributed by atoms with Crippen molar-refractivity contribution in [3.8, 4) is 0 Å². The Hall–Kier alpha value is -0.970. The van der Waals surface area contributed by atoms with E-state index in [9.17, 15) is 9.50 Å². The largest absolute Gasteiger partial charge is 0.390 e. The van der Waals surface area contributed by atoms with E-state index in [4.69, 9.17) is 0 Å². The maximum Gasteiger partial charge on any atom is 0.127 e. The average Bonchev–Trinajstić information content (AvgIpc) is 2.63. The minimum Gasteiger partial charge on any atom is -0.390 e. The first kappa shape index (κ1) is 10.5. The SMILES string of the molecule is O[C@@H]1CNC[C@H]1NCc1ccccc1F. The second-order valence-corrected chi connectivity index (χ2v) is 3.80. The van der Waals surface area contributed by atoms with Crippen molar-refractivity contribution in [2.24, 2.45) is 0 Å². The molecule has 1 aliphatic heterocycles. The number of aliphatic hydroxyl groups excluding tert-OH is 1. The first-order valence-electron chi connectivity index (χ1n) is 5.13. The van der Waals surface area contributed by atoms with Crippen molar-refractivity contribution in [2.75, 3.05) is 13.1 Å². The van der Waals surface area contributed by atoms with E-state index >= 15 is 0 Å². The molecule has 15 heavy (non-hydrogen) atoms. The summed E-state index contributed by atoms with van der Waals surface area (Å²) in [5, 5.41) is 15.7. The van der Waals surface area contributed by atoms with Gasteiger partial charge in [0, 0.05) is 31.2 Å². The number of nitrogens with one attached hydrogen (secondary N) is 2. The summed E-state index contributed by atoms with van der Waals surface area (Å²) in [5.74, 6) is -0.203. The van der Waals surface area contributed by atoms with Gasteiger partial charge >= 0.3 is 0 Å². The topological polar surface area (TPSA) is 44.3 Å². The fraction of sp³-hybridized carbons (Fsp3) is 0.455. The first-order chi connectivity index (χ1) is 7.27. The van der Waals surface area contributed by atoms with Crippen LogP contribution in [0.4, 0.5) is 4.39 Å². The van der Waals surface area contributed by atoms with Crippen molar-refractivity contribution < 1.29 is 9.50 Å². The van der Waals surface area contributed by atoms with Gasteiger partial charge in [-0.25, -0.2) is 4.39 Å². The predicted octanol–water partition coefficient (Wildman–Crippen LogP) is 0.248. The average molecular weight is 210 g/mol. The Morgan fingerprint density at radius 2 is 2.20 bits per heavy atom. The molecule has 1 heterocycles. The lowest BCUT2D eigenvalue weighted by Crippen LogP contribution is -2.38. The van der Waals surface area contributed by atoms with Gasteiger partial charge in [-0.15, -0.1) is 0 Å². The summed E-state index contributed by atoms with van der Waals surface area (Å²) in [6.45, 7) is 1.79. The molecule has 1 aromatic rings. The molecule has 4 heteroatoms. The summed E-state index contributed by atoms with van der Waals surface area (Å²) in [6, 6.07) is 6.69. The molecule has 1 saturated heterocycles. The zero-order chi connectivity index (χ0) is 10.7. The molecule has 3 nitrogen and oxygen atoms in total. The maximum absolute atomic E-state index is 13.2. The van der Waals surface area contributed by atoms with Crippen molar-refractivity contribution >= 4 is 0 Å². The van der Waals surface area contributed by atoms with E-state index in [1.807, 2.05) is 6.07 Å². The number of hydrogen-bond donors (Lipinski definition) is 3. The van der Waals surface area contributed by atoms with Gasteiger partial charge in [0.1, 0.15) is 5.82 Å². The van der Waals surface area contributed by atoms with Crippen LogP contribution < -0.4 is 10.6 Å². The van der Waals surface area contributed by atoms with E-state index in [0.717, 1.165) is 6.54 Å². The van der Waals surface area contributed by atoms with Gasteiger partial charge in [0.15, 0.2) is 0 Å². The van der Waals surface area contributed by atoms with E-state index in [0.29, 0.717) is 18.7 Å². The van der Waals surface area contributed by atoms with Gasteiger partial charge in [-0.1, -0.05) is 18.2 Å². The molecule has 0 aromatic heterocycles. The smallest absolute Gasteiger partial charge is 0.127 e. The second kappa shape index (κ2) is 4.70. The van der Waals surface area contributed by atoms with E-state index in [1.54, 1.807) is 12.1 Å². The Morgan fingerprint density at radius 3 is 2.87 bits per heavy atom. The maximum atomic E-state index is 13.2. The first-order valence-corrected chi connectivity index (χ1v) is 5.13. The second-order valence-electron chi connectivity index (χ2n) is 3.80. The van der Waals surface area contributed by atoms with Crippen LogP contribution in [0.3, 0.4) is 0 Å². The van der Waals surface area contributed by atoms with Crippen LogP contribution in [0.1, 0.15) is 5.56 Å². The number of β-amino-alcohol motifs (C(OH)–C–C–N with tert-alkyl or cyclic N) is 1. The Morgan fingerprint density at radius 1 is 1.40 bits per heavy atom. The van der Waals surface area contributed by atoms with E-state index in [1.165, 1.54) is 6.07 Å². The molecule has 1 fully saturated rings. The third-order valence-corrected chi connectivity index (χ3v) is 2.69. The van der Waals surface area contributed by atoms with Gasteiger partial charge in [-0.2, -0.15) is 0 Å². The highest BCUT2D eigenvalue weighted by Gasteiger charge is 2.24. The van der Waals surface area contributed by atoms with Crippen molar-refractivity contribution in [2.45, 2.75) is 18.7 Å². The molecular weight excluding hydrogens is 195 g/mol. The van der Waals surface area contributed by atoms with Crippen LogP contribution in [0.2, 0.25) is 0 Å². The van der Waals surface area contributed by atoms with Crippen LogP contribution in [0.15, 0.2) is 24.3 Å². The highest BCUT2D eigenvalue weighted by molar-refractivity contribution is 5.17. The zero-order valence-electron chi connectivity index (χ0n) is 8.41. The van der Waals surface area contributed by atoms with Crippen LogP contribution in [0.5, 0.6) is 0 Å². The molecule has 0 saturated carbocycles. The quantitative estimate of drug-likeness (QED) is 0.670. The molecule has 0 bridgehead atoms. The summed E-state index contributed by atoms with van der Waals surface area (Å²) in [4.78, 5) is 0. The Kier molecular flexibility index (Phi) is 3.30. The van der Waals surface area contributed by atoms with Crippen LogP contribution >= 0.6 is 0 Å². The molecular formula is C11H15FN2O. The van der Waals surface area contributed by atoms with Crippen LogP contribution in [0.25, 0.3) is 0 Å². The normalized spacial score (nSPS) is 25.7.